The van der Waals surface area contributed by atoms with Crippen LogP contribution in [-0.2, 0) is 14.3 Å². The molecule has 5 nitrogen and oxygen atoms in total. The molecule has 1 aliphatic rings. The fourth-order valence-electron chi connectivity index (χ4n) is 1.20. The van der Waals surface area contributed by atoms with E-state index in [1.807, 2.05) is 0 Å². The third-order valence-corrected chi connectivity index (χ3v) is 2.00. The van der Waals surface area contributed by atoms with E-state index in [-0.39, 0.29) is 25.0 Å². The second-order valence-electron chi connectivity index (χ2n) is 3.28. The van der Waals surface area contributed by atoms with E-state index in [1.165, 1.54) is 0 Å². The van der Waals surface area contributed by atoms with E-state index in [9.17, 15) is 9.59 Å². The van der Waals surface area contributed by atoms with Crippen LogP contribution in [0, 0.1) is 0 Å². The normalized spacial score (nSPS) is 21.5. The Balaban J connectivity index is 2.25. The first-order chi connectivity index (χ1) is 6.74. The minimum Gasteiger partial charge on any atom is -0.369 e. The molecule has 0 aromatic heterocycles. The van der Waals surface area contributed by atoms with Gasteiger partial charge in [-0.15, -0.1) is 0 Å². The molecule has 0 saturated carbocycles. The Hall–Kier alpha value is -1.10. The molecule has 0 radical (unpaired) electrons. The van der Waals surface area contributed by atoms with Crippen LogP contribution in [0.15, 0.2) is 0 Å². The van der Waals surface area contributed by atoms with Gasteiger partial charge in [-0.25, -0.2) is 0 Å². The van der Waals surface area contributed by atoms with Crippen molar-refractivity contribution in [2.45, 2.75) is 25.8 Å². The molecule has 1 unspecified atom stereocenters. The molecule has 0 spiro atoms. The molecule has 1 aliphatic heterocycles. The number of hydrogen-bond acceptors (Lipinski definition) is 3. The van der Waals surface area contributed by atoms with Gasteiger partial charge in [-0.05, 0) is 6.42 Å². The van der Waals surface area contributed by atoms with Gasteiger partial charge in [0.2, 0.25) is 11.8 Å². The Morgan fingerprint density at radius 1 is 1.71 bits per heavy atom. The second-order valence-corrected chi connectivity index (χ2v) is 3.28. The highest BCUT2D eigenvalue weighted by Gasteiger charge is 2.24. The van der Waals surface area contributed by atoms with Crippen molar-refractivity contribution < 1.29 is 14.3 Å². The maximum Gasteiger partial charge on any atom is 0.246 e. The first-order valence-corrected chi connectivity index (χ1v) is 4.89. The van der Waals surface area contributed by atoms with E-state index in [0.29, 0.717) is 6.54 Å². The highest BCUT2D eigenvalue weighted by atomic mass is 16.5. The fourth-order valence-corrected chi connectivity index (χ4v) is 1.20. The lowest BCUT2D eigenvalue weighted by atomic mass is 10.2. The van der Waals surface area contributed by atoms with Gasteiger partial charge < -0.3 is 15.4 Å². The van der Waals surface area contributed by atoms with Crippen LogP contribution in [0.1, 0.15) is 19.8 Å². The highest BCUT2D eigenvalue weighted by Crippen LogP contribution is 1.94. The lowest BCUT2D eigenvalue weighted by Gasteiger charge is -2.22. The van der Waals surface area contributed by atoms with Crippen LogP contribution in [0.25, 0.3) is 0 Å². The SMILES string of the molecule is CCCCNC(=O)C1COCC(=O)N1. The van der Waals surface area contributed by atoms with Crippen molar-refractivity contribution in [2.75, 3.05) is 19.8 Å². The third kappa shape index (κ3) is 3.33. The minimum absolute atomic E-state index is 0.0543. The van der Waals surface area contributed by atoms with Gasteiger partial charge in [0.15, 0.2) is 0 Å². The summed E-state index contributed by atoms with van der Waals surface area (Å²) < 4.78 is 4.95. The van der Waals surface area contributed by atoms with Crippen molar-refractivity contribution in [3.05, 3.63) is 0 Å². The predicted molar refractivity (Wildman–Crippen MR) is 50.7 cm³/mol. The van der Waals surface area contributed by atoms with Crippen LogP contribution in [0.5, 0.6) is 0 Å². The van der Waals surface area contributed by atoms with Gasteiger partial charge in [0.25, 0.3) is 0 Å². The Morgan fingerprint density at radius 2 is 2.50 bits per heavy atom. The summed E-state index contributed by atoms with van der Waals surface area (Å²) in [6.45, 7) is 3.03. The zero-order chi connectivity index (χ0) is 10.4. The van der Waals surface area contributed by atoms with E-state index in [4.69, 9.17) is 4.74 Å². The molecule has 5 heteroatoms. The van der Waals surface area contributed by atoms with Gasteiger partial charge in [-0.1, -0.05) is 13.3 Å². The average Bonchev–Trinajstić information content (AvgIpc) is 2.18. The maximum absolute atomic E-state index is 11.4. The monoisotopic (exact) mass is 200 g/mol. The summed E-state index contributed by atoms with van der Waals surface area (Å²) in [5.41, 5.74) is 0. The lowest BCUT2D eigenvalue weighted by molar-refractivity contribution is -0.138. The standard InChI is InChI=1S/C9H16N2O3/c1-2-3-4-10-9(13)7-5-14-6-8(12)11-7/h7H,2-6H2,1H3,(H,10,13)(H,11,12). The number of hydrogen-bond donors (Lipinski definition) is 2. The van der Waals surface area contributed by atoms with Crippen LogP contribution in [0.4, 0.5) is 0 Å². The summed E-state index contributed by atoms with van der Waals surface area (Å²) in [7, 11) is 0. The molecule has 0 aliphatic carbocycles. The molecule has 2 amide bonds. The zero-order valence-corrected chi connectivity index (χ0v) is 8.34. The zero-order valence-electron chi connectivity index (χ0n) is 8.34. The lowest BCUT2D eigenvalue weighted by Crippen LogP contribution is -2.53. The van der Waals surface area contributed by atoms with Crippen LogP contribution < -0.4 is 10.6 Å². The van der Waals surface area contributed by atoms with Crippen molar-refractivity contribution in [2.24, 2.45) is 0 Å². The van der Waals surface area contributed by atoms with Gasteiger partial charge >= 0.3 is 0 Å². The van der Waals surface area contributed by atoms with Gasteiger partial charge in [0, 0.05) is 6.54 Å². The summed E-state index contributed by atoms with van der Waals surface area (Å²) in [4.78, 5) is 22.3. The smallest absolute Gasteiger partial charge is 0.246 e. The van der Waals surface area contributed by atoms with E-state index >= 15 is 0 Å². The Kier molecular flexibility index (Phi) is 4.39. The van der Waals surface area contributed by atoms with Crippen LogP contribution in [-0.4, -0.2) is 37.6 Å². The van der Waals surface area contributed by atoms with Crippen molar-refractivity contribution in [1.29, 1.82) is 0 Å². The first-order valence-electron chi connectivity index (χ1n) is 4.89. The molecule has 1 atom stereocenters. The molecule has 0 aromatic carbocycles. The largest absolute Gasteiger partial charge is 0.369 e. The van der Waals surface area contributed by atoms with E-state index in [1.54, 1.807) is 0 Å². The van der Waals surface area contributed by atoms with Crippen LogP contribution in [0.2, 0.25) is 0 Å². The third-order valence-electron chi connectivity index (χ3n) is 2.00. The molecule has 2 N–H and O–H groups in total. The Bertz CT molecular complexity index is 218. The summed E-state index contributed by atoms with van der Waals surface area (Å²) in [5.74, 6) is -0.390. The van der Waals surface area contributed by atoms with Crippen LogP contribution >= 0.6 is 0 Å². The molecule has 1 rings (SSSR count). The summed E-state index contributed by atoms with van der Waals surface area (Å²) in [5, 5.41) is 5.31. The van der Waals surface area contributed by atoms with Gasteiger partial charge in [0.1, 0.15) is 12.6 Å². The van der Waals surface area contributed by atoms with Gasteiger partial charge in [0.05, 0.1) is 6.61 Å². The molecule has 14 heavy (non-hydrogen) atoms. The van der Waals surface area contributed by atoms with Crippen molar-refractivity contribution in [3.8, 4) is 0 Å². The number of nitrogens with one attached hydrogen (secondary N) is 2. The maximum atomic E-state index is 11.4. The van der Waals surface area contributed by atoms with Crippen LogP contribution in [0.3, 0.4) is 0 Å². The van der Waals surface area contributed by atoms with E-state index in [0.717, 1.165) is 12.8 Å². The van der Waals surface area contributed by atoms with E-state index in [2.05, 4.69) is 17.6 Å². The molecular weight excluding hydrogens is 184 g/mol. The van der Waals surface area contributed by atoms with Crippen molar-refractivity contribution in [1.82, 2.24) is 10.6 Å². The van der Waals surface area contributed by atoms with Crippen molar-refractivity contribution >= 4 is 11.8 Å². The number of ether oxygens (including phenoxy) is 1. The number of carbonyl (C=O) groups excluding carboxylic acids is 2. The number of amides is 2. The topological polar surface area (TPSA) is 67.4 Å². The number of morpholine rings is 1. The first kappa shape index (κ1) is 11.0. The predicted octanol–water partition coefficient (Wildman–Crippen LogP) is -0.582. The number of carbonyl (C=O) groups is 2. The molecule has 1 fully saturated rings. The molecular formula is C9H16N2O3. The minimum atomic E-state index is -0.520. The summed E-state index contributed by atoms with van der Waals surface area (Å²) in [6, 6.07) is -0.520. The highest BCUT2D eigenvalue weighted by molar-refractivity contribution is 5.88. The Labute approximate surface area is 83.2 Å². The molecule has 0 bridgehead atoms. The summed E-state index contributed by atoms with van der Waals surface area (Å²) in [6.07, 6.45) is 1.99. The molecule has 1 saturated heterocycles. The second kappa shape index (κ2) is 5.59. The quantitative estimate of drug-likeness (QED) is 0.596. The number of unbranched alkanes of at least 4 members (excludes halogenated alkanes) is 1. The molecule has 1 heterocycles. The summed E-state index contributed by atoms with van der Waals surface area (Å²) >= 11 is 0. The van der Waals surface area contributed by atoms with Gasteiger partial charge in [-0.3, -0.25) is 9.59 Å². The fraction of sp³-hybridized carbons (Fsp3) is 0.778. The number of rotatable bonds is 4. The van der Waals surface area contributed by atoms with Crippen molar-refractivity contribution in [3.63, 3.8) is 0 Å². The Morgan fingerprint density at radius 3 is 3.14 bits per heavy atom. The van der Waals surface area contributed by atoms with Gasteiger partial charge in [-0.2, -0.15) is 0 Å². The molecule has 80 valence electrons. The van der Waals surface area contributed by atoms with E-state index < -0.39 is 6.04 Å². The molecule has 0 aromatic rings. The average molecular weight is 200 g/mol.